The van der Waals surface area contributed by atoms with Crippen LogP contribution in [0.1, 0.15) is 17.5 Å². The summed E-state index contributed by atoms with van der Waals surface area (Å²) < 4.78 is 10.2. The minimum Gasteiger partial charge on any atom is -0.497 e. The molecule has 2 aromatic rings. The summed E-state index contributed by atoms with van der Waals surface area (Å²) in [5.41, 5.74) is 2.14. The van der Waals surface area contributed by atoms with Gasteiger partial charge in [0.1, 0.15) is 11.5 Å². The van der Waals surface area contributed by atoms with Crippen molar-refractivity contribution in [1.82, 2.24) is 5.32 Å². The maximum Gasteiger partial charge on any atom is 0.341 e. The Morgan fingerprint density at radius 2 is 1.50 bits per heavy atom. The fourth-order valence-corrected chi connectivity index (χ4v) is 2.38. The third-order valence-corrected chi connectivity index (χ3v) is 3.82. The van der Waals surface area contributed by atoms with Gasteiger partial charge in [-0.2, -0.15) is 0 Å². The van der Waals surface area contributed by atoms with E-state index in [-0.39, 0.29) is 12.5 Å². The Labute approximate surface area is 152 Å². The molecular weight excluding hydrogens is 334 g/mol. The van der Waals surface area contributed by atoms with E-state index in [0.717, 1.165) is 16.9 Å². The molecular formula is C20H23NO5. The monoisotopic (exact) mass is 357 g/mol. The Bertz CT molecular complexity index is 710. The van der Waals surface area contributed by atoms with Crippen LogP contribution in [-0.2, 0) is 22.4 Å². The number of aryl methyl sites for hydroxylation is 1. The number of rotatable bonds is 10. The average Bonchev–Trinajstić information content (AvgIpc) is 2.66. The molecule has 0 bridgehead atoms. The van der Waals surface area contributed by atoms with Gasteiger partial charge in [-0.25, -0.2) is 4.79 Å². The van der Waals surface area contributed by atoms with Crippen molar-refractivity contribution in [3.63, 3.8) is 0 Å². The van der Waals surface area contributed by atoms with Crippen LogP contribution in [0.5, 0.6) is 11.5 Å². The summed E-state index contributed by atoms with van der Waals surface area (Å²) in [5, 5.41) is 11.5. The van der Waals surface area contributed by atoms with Crippen molar-refractivity contribution in [2.45, 2.75) is 19.3 Å². The molecule has 0 saturated heterocycles. The lowest BCUT2D eigenvalue weighted by molar-refractivity contribution is -0.139. The van der Waals surface area contributed by atoms with E-state index in [9.17, 15) is 9.59 Å². The summed E-state index contributed by atoms with van der Waals surface area (Å²) in [4.78, 5) is 22.4. The minimum absolute atomic E-state index is 0.0160. The highest BCUT2D eigenvalue weighted by Crippen LogP contribution is 2.13. The number of aliphatic carboxylic acids is 1. The van der Waals surface area contributed by atoms with Gasteiger partial charge in [0, 0.05) is 13.0 Å². The van der Waals surface area contributed by atoms with Gasteiger partial charge in [-0.15, -0.1) is 0 Å². The second kappa shape index (κ2) is 10.1. The van der Waals surface area contributed by atoms with E-state index >= 15 is 0 Å². The second-order valence-corrected chi connectivity index (χ2v) is 5.77. The van der Waals surface area contributed by atoms with Gasteiger partial charge >= 0.3 is 5.97 Å². The molecule has 0 aliphatic heterocycles. The molecule has 0 fully saturated rings. The van der Waals surface area contributed by atoms with E-state index in [1.807, 2.05) is 36.4 Å². The molecule has 0 aliphatic carbocycles. The van der Waals surface area contributed by atoms with E-state index in [1.54, 1.807) is 19.2 Å². The van der Waals surface area contributed by atoms with Crippen molar-refractivity contribution < 1.29 is 24.2 Å². The Morgan fingerprint density at radius 1 is 0.923 bits per heavy atom. The van der Waals surface area contributed by atoms with Crippen molar-refractivity contribution in [1.29, 1.82) is 0 Å². The molecule has 0 atom stereocenters. The average molecular weight is 357 g/mol. The van der Waals surface area contributed by atoms with Gasteiger partial charge in [0.05, 0.1) is 7.11 Å². The Morgan fingerprint density at radius 3 is 2.08 bits per heavy atom. The van der Waals surface area contributed by atoms with Gasteiger partial charge in [0.15, 0.2) is 6.61 Å². The quantitative estimate of drug-likeness (QED) is 0.682. The summed E-state index contributed by atoms with van der Waals surface area (Å²) in [7, 11) is 1.62. The maximum atomic E-state index is 11.9. The lowest BCUT2D eigenvalue weighted by Gasteiger charge is -2.07. The summed E-state index contributed by atoms with van der Waals surface area (Å²) in [5.74, 6) is 0.325. The molecule has 2 rings (SSSR count). The van der Waals surface area contributed by atoms with Gasteiger partial charge < -0.3 is 19.9 Å². The molecule has 0 aliphatic rings. The number of ether oxygens (including phenoxy) is 2. The van der Waals surface area contributed by atoms with Crippen LogP contribution in [0.2, 0.25) is 0 Å². The zero-order valence-electron chi connectivity index (χ0n) is 14.7. The normalized spacial score (nSPS) is 10.2. The number of nitrogens with one attached hydrogen (secondary N) is 1. The molecule has 26 heavy (non-hydrogen) atoms. The van der Waals surface area contributed by atoms with E-state index in [0.29, 0.717) is 31.6 Å². The molecule has 0 saturated carbocycles. The van der Waals surface area contributed by atoms with Crippen LogP contribution in [0, 0.1) is 0 Å². The fraction of sp³-hybridized carbons (Fsp3) is 0.300. The lowest BCUT2D eigenvalue weighted by atomic mass is 10.1. The first kappa shape index (κ1) is 19.3. The fourth-order valence-electron chi connectivity index (χ4n) is 2.38. The van der Waals surface area contributed by atoms with Gasteiger partial charge in [0.25, 0.3) is 0 Å². The maximum absolute atomic E-state index is 11.9. The molecule has 6 heteroatoms. The van der Waals surface area contributed by atoms with E-state index in [2.05, 4.69) is 5.32 Å². The molecule has 0 heterocycles. The number of benzene rings is 2. The zero-order valence-corrected chi connectivity index (χ0v) is 14.7. The molecule has 6 nitrogen and oxygen atoms in total. The van der Waals surface area contributed by atoms with Crippen molar-refractivity contribution in [3.05, 3.63) is 59.7 Å². The standard InChI is InChI=1S/C20H23NO5/c1-25-17-7-2-15(3-8-17)6-11-19(22)21-13-12-16-4-9-18(10-5-16)26-14-20(23)24/h2-5,7-10H,6,11-14H2,1H3,(H,21,22)(H,23,24). The highest BCUT2D eigenvalue weighted by Gasteiger charge is 2.03. The van der Waals surface area contributed by atoms with E-state index in [1.165, 1.54) is 0 Å². The van der Waals surface area contributed by atoms with Crippen LogP contribution < -0.4 is 14.8 Å². The molecule has 0 unspecified atom stereocenters. The van der Waals surface area contributed by atoms with Crippen LogP contribution >= 0.6 is 0 Å². The SMILES string of the molecule is COc1ccc(CCC(=O)NCCc2ccc(OCC(=O)O)cc2)cc1. The molecule has 0 spiro atoms. The van der Waals surface area contributed by atoms with Crippen molar-refractivity contribution >= 4 is 11.9 Å². The first-order valence-corrected chi connectivity index (χ1v) is 8.40. The summed E-state index contributed by atoms with van der Waals surface area (Å²) in [6, 6.07) is 14.9. The van der Waals surface area contributed by atoms with Crippen molar-refractivity contribution in [3.8, 4) is 11.5 Å². The van der Waals surface area contributed by atoms with Crippen LogP contribution in [0.25, 0.3) is 0 Å². The highest BCUT2D eigenvalue weighted by atomic mass is 16.5. The number of carbonyl (C=O) groups is 2. The predicted octanol–water partition coefficient (Wildman–Crippen LogP) is 2.45. The van der Waals surface area contributed by atoms with E-state index < -0.39 is 5.97 Å². The van der Waals surface area contributed by atoms with Crippen LogP contribution in [-0.4, -0.2) is 37.2 Å². The number of amides is 1. The number of methoxy groups -OCH3 is 1. The second-order valence-electron chi connectivity index (χ2n) is 5.77. The first-order valence-electron chi connectivity index (χ1n) is 8.40. The van der Waals surface area contributed by atoms with Gasteiger partial charge in [-0.3, -0.25) is 4.79 Å². The third kappa shape index (κ3) is 6.84. The number of hydrogen-bond donors (Lipinski definition) is 2. The molecule has 0 aromatic heterocycles. The topological polar surface area (TPSA) is 84.9 Å². The Balaban J connectivity index is 1.66. The Hall–Kier alpha value is -3.02. The summed E-state index contributed by atoms with van der Waals surface area (Å²) in [6.07, 6.45) is 1.83. The first-order chi connectivity index (χ1) is 12.6. The third-order valence-electron chi connectivity index (χ3n) is 3.82. The van der Waals surface area contributed by atoms with Crippen molar-refractivity contribution in [2.75, 3.05) is 20.3 Å². The predicted molar refractivity (Wildman–Crippen MR) is 97.6 cm³/mol. The molecule has 2 aromatic carbocycles. The Kier molecular flexibility index (Phi) is 7.49. The largest absolute Gasteiger partial charge is 0.497 e. The number of carbonyl (C=O) groups excluding carboxylic acids is 1. The van der Waals surface area contributed by atoms with Crippen LogP contribution in [0.4, 0.5) is 0 Å². The number of hydrogen-bond acceptors (Lipinski definition) is 4. The van der Waals surface area contributed by atoms with Crippen molar-refractivity contribution in [2.24, 2.45) is 0 Å². The highest BCUT2D eigenvalue weighted by molar-refractivity contribution is 5.76. The molecule has 138 valence electrons. The molecule has 0 radical (unpaired) electrons. The summed E-state index contributed by atoms with van der Waals surface area (Å²) in [6.45, 7) is 0.195. The zero-order chi connectivity index (χ0) is 18.8. The smallest absolute Gasteiger partial charge is 0.341 e. The molecule has 1 amide bonds. The van der Waals surface area contributed by atoms with E-state index in [4.69, 9.17) is 14.6 Å². The van der Waals surface area contributed by atoms with Gasteiger partial charge in [-0.05, 0) is 48.2 Å². The number of carboxylic acids is 1. The van der Waals surface area contributed by atoms with Gasteiger partial charge in [-0.1, -0.05) is 24.3 Å². The van der Waals surface area contributed by atoms with Crippen LogP contribution in [0.15, 0.2) is 48.5 Å². The molecule has 2 N–H and O–H groups in total. The van der Waals surface area contributed by atoms with Crippen LogP contribution in [0.3, 0.4) is 0 Å². The van der Waals surface area contributed by atoms with Gasteiger partial charge in [0.2, 0.25) is 5.91 Å². The lowest BCUT2D eigenvalue weighted by Crippen LogP contribution is -2.25. The number of carboxylic acid groups (broad SMARTS) is 1. The summed E-state index contributed by atoms with van der Waals surface area (Å²) >= 11 is 0. The minimum atomic E-state index is -1.01.